The molecule has 0 unspecified atom stereocenters. The largest absolute Gasteiger partial charge is 0.444 e. The minimum atomic E-state index is -0.190. The van der Waals surface area contributed by atoms with Crippen molar-refractivity contribution in [2.45, 2.75) is 32.7 Å². The molecule has 1 N–H and O–H groups in total. The van der Waals surface area contributed by atoms with Crippen molar-refractivity contribution in [3.8, 4) is 0 Å². The summed E-state index contributed by atoms with van der Waals surface area (Å²) < 4.78 is 5.87. The third-order valence-electron chi connectivity index (χ3n) is 3.37. The fraction of sp³-hybridized carbons (Fsp3) is 0.538. The van der Waals surface area contributed by atoms with Gasteiger partial charge in [-0.1, -0.05) is 0 Å². The van der Waals surface area contributed by atoms with Crippen LogP contribution in [-0.4, -0.2) is 35.8 Å². The molecule has 0 atom stereocenters. The molecule has 104 valence electrons. The van der Waals surface area contributed by atoms with E-state index < -0.39 is 0 Å². The Bertz CT molecular complexity index is 490. The number of hydrogen-bond acceptors (Lipinski definition) is 3. The fourth-order valence-corrected chi connectivity index (χ4v) is 2.76. The Morgan fingerprint density at radius 3 is 2.53 bits per heavy atom. The molecular weight excluding hydrogens is 312 g/mol. The molecule has 1 aromatic rings. The number of nitrogens with zero attached hydrogens (tertiary/aromatic N) is 1. The molecule has 1 fully saturated rings. The van der Waals surface area contributed by atoms with E-state index >= 15 is 0 Å². The van der Waals surface area contributed by atoms with Crippen LogP contribution in [0.15, 0.2) is 15.2 Å². The first-order valence-electron chi connectivity index (χ1n) is 6.29. The summed E-state index contributed by atoms with van der Waals surface area (Å²) in [7, 11) is 0. The second kappa shape index (κ2) is 5.77. The fourth-order valence-electron chi connectivity index (χ4n) is 2.26. The summed E-state index contributed by atoms with van der Waals surface area (Å²) in [4.78, 5) is 25.1. The predicted molar refractivity (Wildman–Crippen MR) is 73.9 cm³/mol. The Balaban J connectivity index is 1.91. The van der Waals surface area contributed by atoms with Gasteiger partial charge >= 0.3 is 0 Å². The van der Waals surface area contributed by atoms with Crippen LogP contribution < -0.4 is 5.32 Å². The Morgan fingerprint density at radius 2 is 2.05 bits per heavy atom. The Labute approximate surface area is 120 Å². The topological polar surface area (TPSA) is 62.6 Å². The lowest BCUT2D eigenvalue weighted by molar-refractivity contribution is -0.129. The summed E-state index contributed by atoms with van der Waals surface area (Å²) in [6, 6.07) is 1.87. The quantitative estimate of drug-likeness (QED) is 0.904. The smallest absolute Gasteiger partial charge is 0.287 e. The standard InChI is InChI=1S/C13H17BrN2O3/c1-8-7-11(14)19-12(8)13(18)15-10-3-5-16(6-4-10)9(2)17/h7,10H,3-6H2,1-2H3,(H,15,18). The van der Waals surface area contributed by atoms with Gasteiger partial charge in [0.2, 0.25) is 5.91 Å². The van der Waals surface area contributed by atoms with E-state index in [-0.39, 0.29) is 17.9 Å². The van der Waals surface area contributed by atoms with Gasteiger partial charge in [0.15, 0.2) is 10.4 Å². The van der Waals surface area contributed by atoms with Crippen molar-refractivity contribution < 1.29 is 14.0 Å². The molecule has 1 aliphatic heterocycles. The van der Waals surface area contributed by atoms with Gasteiger partial charge in [-0.3, -0.25) is 9.59 Å². The first-order valence-corrected chi connectivity index (χ1v) is 7.09. The van der Waals surface area contributed by atoms with Crippen LogP contribution in [-0.2, 0) is 4.79 Å². The molecule has 6 heteroatoms. The highest BCUT2D eigenvalue weighted by Crippen LogP contribution is 2.20. The average molecular weight is 329 g/mol. The van der Waals surface area contributed by atoms with Crippen LogP contribution in [0.5, 0.6) is 0 Å². The number of halogens is 1. The molecule has 2 heterocycles. The average Bonchev–Trinajstić information content (AvgIpc) is 2.69. The van der Waals surface area contributed by atoms with Gasteiger partial charge in [-0.05, 0) is 41.8 Å². The predicted octanol–water partition coefficient (Wildman–Crippen LogP) is 2.09. The van der Waals surface area contributed by atoms with E-state index in [0.717, 1.165) is 18.4 Å². The first kappa shape index (κ1) is 14.1. The highest BCUT2D eigenvalue weighted by Gasteiger charge is 2.24. The van der Waals surface area contributed by atoms with Gasteiger partial charge in [0.1, 0.15) is 0 Å². The van der Waals surface area contributed by atoms with Gasteiger partial charge in [0, 0.05) is 31.6 Å². The van der Waals surface area contributed by atoms with E-state index in [9.17, 15) is 9.59 Å². The number of carbonyl (C=O) groups excluding carboxylic acids is 2. The lowest BCUT2D eigenvalue weighted by atomic mass is 10.0. The highest BCUT2D eigenvalue weighted by molar-refractivity contribution is 9.10. The molecule has 1 aliphatic rings. The van der Waals surface area contributed by atoms with Gasteiger partial charge in [0.05, 0.1) is 0 Å². The van der Waals surface area contributed by atoms with Crippen LogP contribution in [0.3, 0.4) is 0 Å². The number of likely N-dealkylation sites (tertiary alicyclic amines) is 1. The number of aryl methyl sites for hydroxylation is 1. The summed E-state index contributed by atoms with van der Waals surface area (Å²) in [5, 5.41) is 2.96. The number of piperidine rings is 1. The summed E-state index contributed by atoms with van der Waals surface area (Å²) in [6.07, 6.45) is 1.57. The number of rotatable bonds is 2. The van der Waals surface area contributed by atoms with Gasteiger partial charge < -0.3 is 14.6 Å². The minimum Gasteiger partial charge on any atom is -0.444 e. The summed E-state index contributed by atoms with van der Waals surface area (Å²) in [5.41, 5.74) is 0.811. The molecule has 2 amide bonds. The Hall–Kier alpha value is -1.30. The zero-order valence-electron chi connectivity index (χ0n) is 11.0. The van der Waals surface area contributed by atoms with Crippen LogP contribution in [0.2, 0.25) is 0 Å². The van der Waals surface area contributed by atoms with Crippen molar-refractivity contribution in [2.75, 3.05) is 13.1 Å². The molecule has 0 radical (unpaired) electrons. The van der Waals surface area contributed by atoms with E-state index in [1.807, 2.05) is 6.92 Å². The van der Waals surface area contributed by atoms with Crippen molar-refractivity contribution in [2.24, 2.45) is 0 Å². The van der Waals surface area contributed by atoms with Crippen molar-refractivity contribution >= 4 is 27.7 Å². The number of furan rings is 1. The SMILES string of the molecule is CC(=O)N1CCC(NC(=O)c2oc(Br)cc2C)CC1. The summed E-state index contributed by atoms with van der Waals surface area (Å²) in [5.74, 6) is 0.251. The lowest BCUT2D eigenvalue weighted by Gasteiger charge is -2.31. The van der Waals surface area contributed by atoms with E-state index in [1.165, 1.54) is 0 Å². The number of carbonyl (C=O) groups is 2. The molecule has 19 heavy (non-hydrogen) atoms. The third-order valence-corrected chi connectivity index (χ3v) is 3.76. The monoisotopic (exact) mass is 328 g/mol. The molecule has 0 aromatic carbocycles. The van der Waals surface area contributed by atoms with Crippen LogP contribution in [0, 0.1) is 6.92 Å². The molecule has 0 spiro atoms. The summed E-state index contributed by atoms with van der Waals surface area (Å²) >= 11 is 3.21. The maximum atomic E-state index is 12.1. The molecule has 0 aliphatic carbocycles. The Kier molecular flexibility index (Phi) is 4.29. The van der Waals surface area contributed by atoms with Gasteiger partial charge in [-0.25, -0.2) is 0 Å². The van der Waals surface area contributed by atoms with E-state index in [2.05, 4.69) is 21.2 Å². The van der Waals surface area contributed by atoms with E-state index in [0.29, 0.717) is 23.5 Å². The van der Waals surface area contributed by atoms with Crippen LogP contribution in [0.1, 0.15) is 35.9 Å². The molecule has 1 saturated heterocycles. The minimum absolute atomic E-state index is 0.0931. The van der Waals surface area contributed by atoms with Crippen molar-refractivity contribution in [3.05, 3.63) is 22.1 Å². The zero-order valence-corrected chi connectivity index (χ0v) is 12.6. The number of nitrogens with one attached hydrogen (secondary N) is 1. The molecule has 5 nitrogen and oxygen atoms in total. The van der Waals surface area contributed by atoms with Crippen LogP contribution >= 0.6 is 15.9 Å². The number of hydrogen-bond donors (Lipinski definition) is 1. The number of amides is 2. The van der Waals surface area contributed by atoms with E-state index in [1.54, 1.807) is 17.9 Å². The first-order chi connectivity index (χ1) is 8.97. The summed E-state index contributed by atoms with van der Waals surface area (Å²) in [6.45, 7) is 4.80. The molecule has 0 saturated carbocycles. The molecule has 2 rings (SSSR count). The molecular formula is C13H17BrN2O3. The normalized spacial score (nSPS) is 16.5. The van der Waals surface area contributed by atoms with E-state index in [4.69, 9.17) is 4.42 Å². The van der Waals surface area contributed by atoms with Crippen LogP contribution in [0.25, 0.3) is 0 Å². The molecule has 0 bridgehead atoms. The van der Waals surface area contributed by atoms with Gasteiger partial charge in [-0.2, -0.15) is 0 Å². The molecule has 1 aromatic heterocycles. The van der Waals surface area contributed by atoms with Gasteiger partial charge in [-0.15, -0.1) is 0 Å². The highest BCUT2D eigenvalue weighted by atomic mass is 79.9. The second-order valence-corrected chi connectivity index (χ2v) is 5.60. The third kappa shape index (κ3) is 3.37. The van der Waals surface area contributed by atoms with Crippen molar-refractivity contribution in [3.63, 3.8) is 0 Å². The maximum absolute atomic E-state index is 12.1. The Morgan fingerprint density at radius 1 is 1.42 bits per heavy atom. The van der Waals surface area contributed by atoms with Gasteiger partial charge in [0.25, 0.3) is 5.91 Å². The van der Waals surface area contributed by atoms with Crippen molar-refractivity contribution in [1.29, 1.82) is 0 Å². The zero-order chi connectivity index (χ0) is 14.0. The van der Waals surface area contributed by atoms with Crippen molar-refractivity contribution in [1.82, 2.24) is 10.2 Å². The maximum Gasteiger partial charge on any atom is 0.287 e. The second-order valence-electron chi connectivity index (χ2n) is 4.82. The van der Waals surface area contributed by atoms with Crippen LogP contribution in [0.4, 0.5) is 0 Å². The lowest BCUT2D eigenvalue weighted by Crippen LogP contribution is -2.46.